The van der Waals surface area contributed by atoms with Gasteiger partial charge in [-0.05, 0) is 69.0 Å². The van der Waals surface area contributed by atoms with Gasteiger partial charge < -0.3 is 25.0 Å². The quantitative estimate of drug-likeness (QED) is 0.153. The maximum absolute atomic E-state index is 14.6. The van der Waals surface area contributed by atoms with Crippen molar-refractivity contribution in [1.82, 2.24) is 10.2 Å². The number of nitrogens with one attached hydrogen (secondary N) is 2. The molecular formula is C36H51N3O5. The van der Waals surface area contributed by atoms with Crippen LogP contribution in [-0.4, -0.2) is 48.1 Å². The van der Waals surface area contributed by atoms with Gasteiger partial charge in [-0.25, -0.2) is 4.79 Å². The molecule has 44 heavy (non-hydrogen) atoms. The van der Waals surface area contributed by atoms with Crippen molar-refractivity contribution in [1.29, 1.82) is 0 Å². The Morgan fingerprint density at radius 1 is 0.955 bits per heavy atom. The van der Waals surface area contributed by atoms with E-state index in [1.165, 1.54) is 0 Å². The molecule has 0 aromatic heterocycles. The van der Waals surface area contributed by atoms with Crippen molar-refractivity contribution in [2.75, 3.05) is 19.0 Å². The lowest BCUT2D eigenvalue weighted by Crippen LogP contribution is -2.55. The fraction of sp³-hybridized carbons (Fsp3) is 0.528. The zero-order chi connectivity index (χ0) is 32.7. The van der Waals surface area contributed by atoms with Crippen LogP contribution in [-0.2, 0) is 14.3 Å². The van der Waals surface area contributed by atoms with Crippen molar-refractivity contribution in [3.8, 4) is 18.1 Å². The van der Waals surface area contributed by atoms with E-state index in [9.17, 15) is 14.4 Å². The van der Waals surface area contributed by atoms with Gasteiger partial charge in [-0.15, -0.1) is 6.42 Å². The number of hydrogen-bond acceptors (Lipinski definition) is 5. The van der Waals surface area contributed by atoms with Crippen molar-refractivity contribution >= 4 is 23.6 Å². The molecule has 0 fully saturated rings. The second-order valence-corrected chi connectivity index (χ2v) is 12.2. The second-order valence-electron chi connectivity index (χ2n) is 12.2. The van der Waals surface area contributed by atoms with Crippen LogP contribution in [0.4, 0.5) is 10.5 Å². The third-order valence-electron chi connectivity index (χ3n) is 7.52. The van der Waals surface area contributed by atoms with Crippen LogP contribution >= 0.6 is 0 Å². The Bertz CT molecular complexity index is 1250. The highest BCUT2D eigenvalue weighted by atomic mass is 16.6. The summed E-state index contributed by atoms with van der Waals surface area (Å²) in [5.41, 5.74) is 0.873. The van der Waals surface area contributed by atoms with Gasteiger partial charge in [-0.1, -0.05) is 83.4 Å². The van der Waals surface area contributed by atoms with E-state index in [1.54, 1.807) is 69.2 Å². The highest BCUT2D eigenvalue weighted by molar-refractivity contribution is 5.99. The van der Waals surface area contributed by atoms with Gasteiger partial charge >= 0.3 is 6.09 Å². The van der Waals surface area contributed by atoms with Crippen molar-refractivity contribution in [2.24, 2.45) is 5.92 Å². The molecule has 2 aromatic rings. The number of anilines is 1. The highest BCUT2D eigenvalue weighted by Gasteiger charge is 2.38. The molecule has 0 bridgehead atoms. The molecule has 2 rings (SSSR count). The summed E-state index contributed by atoms with van der Waals surface area (Å²) in [6.45, 7) is 11.7. The zero-order valence-corrected chi connectivity index (χ0v) is 27.6. The maximum Gasteiger partial charge on any atom is 0.408 e. The first-order valence-corrected chi connectivity index (χ1v) is 15.8. The zero-order valence-electron chi connectivity index (χ0n) is 27.6. The number of amides is 3. The first-order valence-electron chi connectivity index (χ1n) is 15.8. The minimum absolute atomic E-state index is 0.227. The number of carbonyl (C=O) groups is 3. The lowest BCUT2D eigenvalue weighted by atomic mass is 9.93. The van der Waals surface area contributed by atoms with E-state index in [0.717, 1.165) is 32.1 Å². The summed E-state index contributed by atoms with van der Waals surface area (Å²) in [5.74, 6) is 2.35. The van der Waals surface area contributed by atoms with Crippen LogP contribution in [0.15, 0.2) is 48.5 Å². The van der Waals surface area contributed by atoms with Gasteiger partial charge in [0.25, 0.3) is 5.91 Å². The van der Waals surface area contributed by atoms with E-state index in [1.807, 2.05) is 26.0 Å². The number of nitrogens with zero attached hydrogens (tertiary/aromatic N) is 1. The molecule has 8 nitrogen and oxygen atoms in total. The number of terminal acetylenes is 1. The van der Waals surface area contributed by atoms with Gasteiger partial charge in [0.15, 0.2) is 0 Å². The molecule has 3 amide bonds. The van der Waals surface area contributed by atoms with Crippen molar-refractivity contribution in [3.05, 3.63) is 59.7 Å². The molecule has 0 aliphatic rings. The minimum Gasteiger partial charge on any atom is -0.497 e. The van der Waals surface area contributed by atoms with Crippen LogP contribution in [0.25, 0.3) is 0 Å². The van der Waals surface area contributed by atoms with Crippen LogP contribution < -0.4 is 15.4 Å². The molecule has 0 aliphatic heterocycles. The Labute approximate surface area is 264 Å². The largest absolute Gasteiger partial charge is 0.497 e. The Morgan fingerprint density at radius 2 is 1.59 bits per heavy atom. The van der Waals surface area contributed by atoms with E-state index in [0.29, 0.717) is 42.0 Å². The van der Waals surface area contributed by atoms with E-state index in [2.05, 4.69) is 23.5 Å². The number of hydrogen-bond donors (Lipinski definition) is 2. The molecule has 0 spiro atoms. The molecule has 2 aromatic carbocycles. The fourth-order valence-corrected chi connectivity index (χ4v) is 4.93. The summed E-state index contributed by atoms with van der Waals surface area (Å²) in [7, 11) is 1.57. The van der Waals surface area contributed by atoms with Gasteiger partial charge in [0, 0.05) is 17.8 Å². The normalized spacial score (nSPS) is 13.1. The minimum atomic E-state index is -1.04. The van der Waals surface area contributed by atoms with Crippen molar-refractivity contribution < 1.29 is 23.9 Å². The SMILES string of the molecule is C#Cc1ccccc1C(C(=O)Nc1ccc(OC)cc1)N(CCCCCCCC)C(=O)C(NC(=O)OC(C)(C)C)C(C)CC. The van der Waals surface area contributed by atoms with E-state index >= 15 is 0 Å². The molecule has 0 saturated heterocycles. The fourth-order valence-electron chi connectivity index (χ4n) is 4.93. The summed E-state index contributed by atoms with van der Waals surface area (Å²) in [5, 5.41) is 5.80. The topological polar surface area (TPSA) is 97.0 Å². The first-order chi connectivity index (χ1) is 20.9. The van der Waals surface area contributed by atoms with Crippen LogP contribution in [0.5, 0.6) is 5.75 Å². The number of alkyl carbamates (subject to hydrolysis) is 1. The number of methoxy groups -OCH3 is 1. The van der Waals surface area contributed by atoms with E-state index in [4.69, 9.17) is 15.9 Å². The van der Waals surface area contributed by atoms with Gasteiger partial charge in [0.05, 0.1) is 7.11 Å². The van der Waals surface area contributed by atoms with Crippen LogP contribution in [0, 0.1) is 18.3 Å². The summed E-state index contributed by atoms with van der Waals surface area (Å²) >= 11 is 0. The lowest BCUT2D eigenvalue weighted by molar-refractivity contribution is -0.142. The van der Waals surface area contributed by atoms with Crippen molar-refractivity contribution in [2.45, 2.75) is 104 Å². The summed E-state index contributed by atoms with van der Waals surface area (Å²) in [6, 6.07) is 12.2. The van der Waals surface area contributed by atoms with Crippen LogP contribution in [0.3, 0.4) is 0 Å². The molecular weight excluding hydrogens is 554 g/mol. The Balaban J connectivity index is 2.58. The second kappa shape index (κ2) is 18.0. The predicted octanol–water partition coefficient (Wildman–Crippen LogP) is 7.48. The number of rotatable bonds is 16. The predicted molar refractivity (Wildman–Crippen MR) is 176 cm³/mol. The number of unbranched alkanes of at least 4 members (excludes halogenated alkanes) is 5. The molecule has 0 radical (unpaired) electrons. The molecule has 0 heterocycles. The third kappa shape index (κ3) is 11.3. The molecule has 3 atom stereocenters. The average molecular weight is 606 g/mol. The monoisotopic (exact) mass is 605 g/mol. The molecule has 0 aliphatic carbocycles. The number of ether oxygens (including phenoxy) is 2. The third-order valence-corrected chi connectivity index (χ3v) is 7.52. The number of carbonyl (C=O) groups excluding carboxylic acids is 3. The standard InChI is InChI=1S/C36H51N3O5/c1-9-12-13-14-15-18-25-39(34(41)31(26(4)10-2)38-35(42)44-36(5,6)7)32(30-20-17-16-19-27(30)11-3)33(40)37-28-21-23-29(43-8)24-22-28/h3,16-17,19-24,26,31-32H,9-10,12-15,18,25H2,1-2,4-8H3,(H,37,40)(H,38,42). The Kier molecular flexibility index (Phi) is 14.8. The van der Waals surface area contributed by atoms with Crippen LogP contribution in [0.1, 0.15) is 104 Å². The number of benzene rings is 2. The van der Waals surface area contributed by atoms with Crippen LogP contribution in [0.2, 0.25) is 0 Å². The van der Waals surface area contributed by atoms with Crippen molar-refractivity contribution in [3.63, 3.8) is 0 Å². The molecule has 240 valence electrons. The molecule has 0 saturated carbocycles. The summed E-state index contributed by atoms with van der Waals surface area (Å²) in [4.78, 5) is 43.3. The Hall–Kier alpha value is -3.99. The first kappa shape index (κ1) is 36.2. The average Bonchev–Trinajstić information content (AvgIpc) is 2.99. The summed E-state index contributed by atoms with van der Waals surface area (Å²) in [6.07, 6.45) is 11.9. The maximum atomic E-state index is 14.6. The lowest BCUT2D eigenvalue weighted by Gasteiger charge is -2.36. The molecule has 2 N–H and O–H groups in total. The van der Waals surface area contributed by atoms with E-state index in [-0.39, 0.29) is 11.8 Å². The van der Waals surface area contributed by atoms with Gasteiger partial charge in [-0.3, -0.25) is 9.59 Å². The van der Waals surface area contributed by atoms with Gasteiger partial charge in [0.1, 0.15) is 23.4 Å². The molecule has 3 unspecified atom stereocenters. The highest BCUT2D eigenvalue weighted by Crippen LogP contribution is 2.29. The molecule has 8 heteroatoms. The Morgan fingerprint density at radius 3 is 2.18 bits per heavy atom. The summed E-state index contributed by atoms with van der Waals surface area (Å²) < 4.78 is 10.8. The smallest absolute Gasteiger partial charge is 0.408 e. The van der Waals surface area contributed by atoms with Gasteiger partial charge in [-0.2, -0.15) is 0 Å². The van der Waals surface area contributed by atoms with Gasteiger partial charge in [0.2, 0.25) is 5.91 Å². The van der Waals surface area contributed by atoms with E-state index < -0.39 is 29.7 Å².